The Balaban J connectivity index is 2.07. The van der Waals surface area contributed by atoms with Crippen LogP contribution in [0.1, 0.15) is 18.4 Å². The molecule has 112 valence electrons. The van der Waals surface area contributed by atoms with Crippen molar-refractivity contribution in [1.29, 1.82) is 0 Å². The van der Waals surface area contributed by atoms with Crippen molar-refractivity contribution < 1.29 is 8.78 Å². The number of nitrogens with zero attached hydrogens (tertiary/aromatic N) is 2. The molecule has 0 bridgehead atoms. The van der Waals surface area contributed by atoms with Crippen molar-refractivity contribution in [3.63, 3.8) is 0 Å². The lowest BCUT2D eigenvalue weighted by atomic mass is 9.96. The standard InChI is InChI=1S/C15H21ClF2N2/c1-19(2)10-11-3-5-20(6-4-11)15-13(17)7-12(9-16)8-14(15)18/h7-8,11H,3-6,9-10H2,1-2H3. The van der Waals surface area contributed by atoms with Crippen LogP contribution in [0.4, 0.5) is 14.5 Å². The molecule has 0 aliphatic carbocycles. The van der Waals surface area contributed by atoms with Crippen molar-refractivity contribution >= 4 is 17.3 Å². The van der Waals surface area contributed by atoms with Gasteiger partial charge in [-0.2, -0.15) is 0 Å². The van der Waals surface area contributed by atoms with E-state index in [1.54, 1.807) is 0 Å². The van der Waals surface area contributed by atoms with Gasteiger partial charge < -0.3 is 9.80 Å². The molecule has 1 saturated heterocycles. The molecule has 0 aromatic heterocycles. The molecule has 0 N–H and O–H groups in total. The Labute approximate surface area is 124 Å². The fourth-order valence-corrected chi connectivity index (χ4v) is 3.01. The number of benzene rings is 1. The molecule has 20 heavy (non-hydrogen) atoms. The number of rotatable bonds is 4. The van der Waals surface area contributed by atoms with Crippen LogP contribution in [-0.2, 0) is 5.88 Å². The Bertz CT molecular complexity index is 434. The maximum absolute atomic E-state index is 14.0. The van der Waals surface area contributed by atoms with Crippen LogP contribution in [0.25, 0.3) is 0 Å². The summed E-state index contributed by atoms with van der Waals surface area (Å²) in [5.41, 5.74) is 0.579. The van der Waals surface area contributed by atoms with E-state index in [0.717, 1.165) is 19.4 Å². The van der Waals surface area contributed by atoms with Crippen molar-refractivity contribution in [3.8, 4) is 0 Å². The molecule has 0 radical (unpaired) electrons. The van der Waals surface area contributed by atoms with Crippen molar-refractivity contribution in [2.45, 2.75) is 18.7 Å². The first-order valence-corrected chi connectivity index (χ1v) is 7.48. The first-order chi connectivity index (χ1) is 9.51. The molecule has 1 heterocycles. The van der Waals surface area contributed by atoms with E-state index >= 15 is 0 Å². The molecule has 2 rings (SSSR count). The number of piperidine rings is 1. The second kappa shape index (κ2) is 6.72. The molecule has 1 fully saturated rings. The topological polar surface area (TPSA) is 6.48 Å². The number of alkyl halides is 1. The van der Waals surface area contributed by atoms with E-state index < -0.39 is 11.6 Å². The summed E-state index contributed by atoms with van der Waals surface area (Å²) in [7, 11) is 4.10. The van der Waals surface area contributed by atoms with Crippen LogP contribution in [0.5, 0.6) is 0 Å². The lowest BCUT2D eigenvalue weighted by molar-refractivity contribution is 0.284. The van der Waals surface area contributed by atoms with Gasteiger partial charge in [-0.3, -0.25) is 0 Å². The Hall–Kier alpha value is -0.870. The number of hydrogen-bond donors (Lipinski definition) is 0. The van der Waals surface area contributed by atoms with Crippen molar-refractivity contribution in [3.05, 3.63) is 29.3 Å². The van der Waals surface area contributed by atoms with Gasteiger partial charge in [-0.05, 0) is 50.6 Å². The van der Waals surface area contributed by atoms with Crippen LogP contribution < -0.4 is 4.90 Å². The fraction of sp³-hybridized carbons (Fsp3) is 0.600. The minimum Gasteiger partial charge on any atom is -0.367 e. The molecule has 1 aliphatic heterocycles. The SMILES string of the molecule is CN(C)CC1CCN(c2c(F)cc(CCl)cc2F)CC1. The summed E-state index contributed by atoms with van der Waals surface area (Å²) in [6.07, 6.45) is 1.93. The van der Waals surface area contributed by atoms with Gasteiger partial charge in [0.25, 0.3) is 0 Å². The first-order valence-electron chi connectivity index (χ1n) is 6.94. The highest BCUT2D eigenvalue weighted by atomic mass is 35.5. The van der Waals surface area contributed by atoms with Crippen LogP contribution in [-0.4, -0.2) is 38.6 Å². The van der Waals surface area contributed by atoms with Gasteiger partial charge in [0.2, 0.25) is 0 Å². The van der Waals surface area contributed by atoms with Gasteiger partial charge in [0.15, 0.2) is 0 Å². The Kier molecular flexibility index (Phi) is 5.22. The third-order valence-corrected chi connectivity index (χ3v) is 4.09. The summed E-state index contributed by atoms with van der Waals surface area (Å²) in [6.45, 7) is 2.43. The van der Waals surface area contributed by atoms with Gasteiger partial charge in [0.1, 0.15) is 17.3 Å². The van der Waals surface area contributed by atoms with Gasteiger partial charge in [0.05, 0.1) is 0 Å². The summed E-state index contributed by atoms with van der Waals surface area (Å²) in [6, 6.07) is 2.66. The number of halogens is 3. The zero-order chi connectivity index (χ0) is 14.7. The maximum Gasteiger partial charge on any atom is 0.149 e. The second-order valence-electron chi connectivity index (χ2n) is 5.73. The molecule has 0 atom stereocenters. The molecule has 0 spiro atoms. The molecule has 1 aromatic rings. The zero-order valence-corrected chi connectivity index (χ0v) is 12.8. The second-order valence-corrected chi connectivity index (χ2v) is 6.00. The van der Waals surface area contributed by atoms with E-state index in [1.165, 1.54) is 12.1 Å². The minimum atomic E-state index is -0.508. The summed E-state index contributed by atoms with van der Waals surface area (Å²) in [5, 5.41) is 0. The highest BCUT2D eigenvalue weighted by Crippen LogP contribution is 2.29. The van der Waals surface area contributed by atoms with Gasteiger partial charge in [-0.25, -0.2) is 8.78 Å². The molecular weight excluding hydrogens is 282 g/mol. The van der Waals surface area contributed by atoms with E-state index in [1.807, 2.05) is 4.90 Å². The summed E-state index contributed by atoms with van der Waals surface area (Å²) in [5.74, 6) is -0.285. The maximum atomic E-state index is 14.0. The van der Waals surface area contributed by atoms with Crippen LogP contribution in [0.3, 0.4) is 0 Å². The summed E-state index contributed by atoms with van der Waals surface area (Å²) >= 11 is 5.62. The highest BCUT2D eigenvalue weighted by Gasteiger charge is 2.24. The lowest BCUT2D eigenvalue weighted by Crippen LogP contribution is -2.38. The van der Waals surface area contributed by atoms with Crippen LogP contribution in [0, 0.1) is 17.6 Å². The first kappa shape index (κ1) is 15.5. The quantitative estimate of drug-likeness (QED) is 0.786. The predicted molar refractivity (Wildman–Crippen MR) is 79.4 cm³/mol. The Morgan fingerprint density at radius 1 is 1.20 bits per heavy atom. The van der Waals surface area contributed by atoms with Gasteiger partial charge >= 0.3 is 0 Å². The predicted octanol–water partition coefficient (Wildman–Crippen LogP) is 3.48. The van der Waals surface area contributed by atoms with Gasteiger partial charge in [0, 0.05) is 25.5 Å². The number of hydrogen-bond acceptors (Lipinski definition) is 2. The van der Waals surface area contributed by atoms with E-state index in [0.29, 0.717) is 24.6 Å². The van der Waals surface area contributed by atoms with Crippen molar-refractivity contribution in [1.82, 2.24) is 4.90 Å². The van der Waals surface area contributed by atoms with Crippen molar-refractivity contribution in [2.24, 2.45) is 5.92 Å². The normalized spacial score (nSPS) is 17.0. The molecule has 5 heteroatoms. The molecular formula is C15H21ClF2N2. The minimum absolute atomic E-state index is 0.0992. The van der Waals surface area contributed by atoms with Crippen LogP contribution >= 0.6 is 11.6 Å². The molecule has 0 unspecified atom stereocenters. The number of anilines is 1. The third-order valence-electron chi connectivity index (χ3n) is 3.79. The third kappa shape index (κ3) is 3.61. The van der Waals surface area contributed by atoms with Gasteiger partial charge in [-0.15, -0.1) is 11.6 Å². The fourth-order valence-electron chi connectivity index (χ4n) is 2.85. The largest absolute Gasteiger partial charge is 0.367 e. The van der Waals surface area contributed by atoms with E-state index in [-0.39, 0.29) is 11.6 Å². The Morgan fingerprint density at radius 3 is 2.20 bits per heavy atom. The average Bonchev–Trinajstić information content (AvgIpc) is 2.39. The van der Waals surface area contributed by atoms with E-state index in [4.69, 9.17) is 11.6 Å². The van der Waals surface area contributed by atoms with E-state index in [9.17, 15) is 8.78 Å². The van der Waals surface area contributed by atoms with Crippen LogP contribution in [0.2, 0.25) is 0 Å². The monoisotopic (exact) mass is 302 g/mol. The summed E-state index contributed by atoms with van der Waals surface area (Å²) < 4.78 is 28.1. The molecule has 0 saturated carbocycles. The van der Waals surface area contributed by atoms with E-state index in [2.05, 4.69) is 19.0 Å². The van der Waals surface area contributed by atoms with Crippen LogP contribution in [0.15, 0.2) is 12.1 Å². The lowest BCUT2D eigenvalue weighted by Gasteiger charge is -2.35. The average molecular weight is 303 g/mol. The smallest absolute Gasteiger partial charge is 0.149 e. The van der Waals surface area contributed by atoms with Crippen molar-refractivity contribution in [2.75, 3.05) is 38.6 Å². The Morgan fingerprint density at radius 2 is 1.75 bits per heavy atom. The molecule has 2 nitrogen and oxygen atoms in total. The summed E-state index contributed by atoms with van der Waals surface area (Å²) in [4.78, 5) is 3.98. The van der Waals surface area contributed by atoms with Gasteiger partial charge in [-0.1, -0.05) is 0 Å². The highest BCUT2D eigenvalue weighted by molar-refractivity contribution is 6.17. The molecule has 1 aliphatic rings. The molecule has 0 amide bonds. The molecule has 1 aromatic carbocycles. The zero-order valence-electron chi connectivity index (χ0n) is 12.0.